The summed E-state index contributed by atoms with van der Waals surface area (Å²) in [6.07, 6.45) is -0.119. The molecule has 0 spiro atoms. The van der Waals surface area contributed by atoms with Crippen molar-refractivity contribution in [2.45, 2.75) is 39.2 Å². The van der Waals surface area contributed by atoms with Crippen LogP contribution >= 0.6 is 0 Å². The fourth-order valence-electron chi connectivity index (χ4n) is 3.05. The summed E-state index contributed by atoms with van der Waals surface area (Å²) >= 11 is 0. The topological polar surface area (TPSA) is 73.9 Å². The quantitative estimate of drug-likeness (QED) is 0.633. The molecule has 6 nitrogen and oxygen atoms in total. The maximum absolute atomic E-state index is 12.9. The lowest BCUT2D eigenvalue weighted by Gasteiger charge is -2.24. The van der Waals surface area contributed by atoms with Crippen LogP contribution in [0, 0.1) is 5.92 Å². The summed E-state index contributed by atoms with van der Waals surface area (Å²) in [7, 11) is 3.06. The number of ether oxygens (including phenoxy) is 3. The number of methoxy groups -OCH3 is 2. The van der Waals surface area contributed by atoms with Crippen LogP contribution in [0.3, 0.4) is 0 Å². The summed E-state index contributed by atoms with van der Waals surface area (Å²) in [5.41, 5.74) is 1.41. The first-order valence-corrected chi connectivity index (χ1v) is 9.69. The van der Waals surface area contributed by atoms with Gasteiger partial charge in [0.15, 0.2) is 17.6 Å². The van der Waals surface area contributed by atoms with Gasteiger partial charge in [-0.1, -0.05) is 50.6 Å². The van der Waals surface area contributed by atoms with Gasteiger partial charge < -0.3 is 19.5 Å². The van der Waals surface area contributed by atoms with Gasteiger partial charge in [-0.3, -0.25) is 9.59 Å². The van der Waals surface area contributed by atoms with Crippen LogP contribution < -0.4 is 14.8 Å². The Hall–Kier alpha value is -3.02. The van der Waals surface area contributed by atoms with Crippen LogP contribution in [0.25, 0.3) is 0 Å². The molecule has 1 N–H and O–H groups in total. The third-order valence-corrected chi connectivity index (χ3v) is 4.94. The molecule has 0 saturated heterocycles. The molecular weight excluding hydrogens is 370 g/mol. The van der Waals surface area contributed by atoms with Crippen LogP contribution in [0.4, 0.5) is 5.69 Å². The second-order valence-corrected chi connectivity index (χ2v) is 6.91. The number of amides is 1. The van der Waals surface area contributed by atoms with Crippen molar-refractivity contribution in [2.24, 2.45) is 5.92 Å². The standard InChI is InChI=1S/C23H29NO5/c1-6-15(2)21(17-10-8-7-9-11-17)23(26)29-16(3)22(25)24-18-12-13-19(27-4)20(14-18)28-5/h7-16,21H,6H2,1-5H3,(H,24,25)/t15-,16-,21+/m0/s1. The van der Waals surface area contributed by atoms with E-state index in [1.54, 1.807) is 25.1 Å². The first kappa shape index (κ1) is 22.3. The summed E-state index contributed by atoms with van der Waals surface area (Å²) in [6, 6.07) is 14.5. The van der Waals surface area contributed by atoms with Gasteiger partial charge in [-0.2, -0.15) is 0 Å². The van der Waals surface area contributed by atoms with Crippen LogP contribution in [0.15, 0.2) is 48.5 Å². The average Bonchev–Trinajstić information content (AvgIpc) is 2.74. The molecule has 0 bridgehead atoms. The molecule has 0 aliphatic rings. The van der Waals surface area contributed by atoms with Crippen molar-refractivity contribution in [1.82, 2.24) is 0 Å². The van der Waals surface area contributed by atoms with E-state index in [9.17, 15) is 9.59 Å². The normalized spacial score (nSPS) is 13.7. The van der Waals surface area contributed by atoms with Gasteiger partial charge in [0.2, 0.25) is 0 Å². The average molecular weight is 399 g/mol. The van der Waals surface area contributed by atoms with Crippen molar-refractivity contribution in [3.63, 3.8) is 0 Å². The lowest BCUT2D eigenvalue weighted by Crippen LogP contribution is -2.33. The predicted octanol–water partition coefficient (Wildman–Crippen LogP) is 4.40. The lowest BCUT2D eigenvalue weighted by molar-refractivity contribution is -0.155. The zero-order chi connectivity index (χ0) is 21.4. The van der Waals surface area contributed by atoms with Crippen LogP contribution in [0.2, 0.25) is 0 Å². The Morgan fingerprint density at radius 1 is 0.966 bits per heavy atom. The first-order chi connectivity index (χ1) is 13.9. The highest BCUT2D eigenvalue weighted by Crippen LogP contribution is 2.30. The Morgan fingerprint density at radius 2 is 1.62 bits per heavy atom. The molecule has 0 aromatic heterocycles. The van der Waals surface area contributed by atoms with Crippen LogP contribution in [-0.4, -0.2) is 32.2 Å². The zero-order valence-corrected chi connectivity index (χ0v) is 17.6. The number of esters is 1. The van der Waals surface area contributed by atoms with Gasteiger partial charge in [-0.05, 0) is 30.5 Å². The molecule has 0 aliphatic heterocycles. The molecule has 156 valence electrons. The number of rotatable bonds is 9. The molecular formula is C23H29NO5. The summed E-state index contributed by atoms with van der Waals surface area (Å²) in [5, 5.41) is 2.74. The molecule has 2 aromatic rings. The number of hydrogen-bond donors (Lipinski definition) is 1. The van der Waals surface area contributed by atoms with E-state index in [1.165, 1.54) is 14.2 Å². The Morgan fingerprint density at radius 3 is 2.21 bits per heavy atom. The van der Waals surface area contributed by atoms with Gasteiger partial charge in [-0.25, -0.2) is 0 Å². The van der Waals surface area contributed by atoms with Gasteiger partial charge in [0.05, 0.1) is 20.1 Å². The molecule has 0 fully saturated rings. The van der Waals surface area contributed by atoms with Crippen molar-refractivity contribution in [3.05, 3.63) is 54.1 Å². The van der Waals surface area contributed by atoms with E-state index in [1.807, 2.05) is 44.2 Å². The van der Waals surface area contributed by atoms with Crippen LogP contribution in [-0.2, 0) is 14.3 Å². The van der Waals surface area contributed by atoms with E-state index < -0.39 is 23.9 Å². The molecule has 0 aliphatic carbocycles. The zero-order valence-electron chi connectivity index (χ0n) is 17.6. The third-order valence-electron chi connectivity index (χ3n) is 4.94. The lowest BCUT2D eigenvalue weighted by atomic mass is 9.85. The number of carbonyl (C=O) groups excluding carboxylic acids is 2. The monoisotopic (exact) mass is 399 g/mol. The molecule has 0 unspecified atom stereocenters. The summed E-state index contributed by atoms with van der Waals surface area (Å²) < 4.78 is 16.0. The van der Waals surface area contributed by atoms with Crippen molar-refractivity contribution in [1.29, 1.82) is 0 Å². The van der Waals surface area contributed by atoms with E-state index >= 15 is 0 Å². The van der Waals surface area contributed by atoms with Crippen molar-refractivity contribution in [2.75, 3.05) is 19.5 Å². The smallest absolute Gasteiger partial charge is 0.314 e. The molecule has 6 heteroatoms. The summed E-state index contributed by atoms with van der Waals surface area (Å²) in [5.74, 6) is -0.0920. The molecule has 0 saturated carbocycles. The predicted molar refractivity (Wildman–Crippen MR) is 112 cm³/mol. The number of benzene rings is 2. The fourth-order valence-corrected chi connectivity index (χ4v) is 3.05. The molecule has 29 heavy (non-hydrogen) atoms. The Kier molecular flexibility index (Phi) is 8.07. The third kappa shape index (κ3) is 5.73. The van der Waals surface area contributed by atoms with Gasteiger partial charge in [0, 0.05) is 11.8 Å². The number of carbonyl (C=O) groups is 2. The van der Waals surface area contributed by atoms with Gasteiger partial charge in [0.25, 0.3) is 5.91 Å². The molecule has 2 aromatic carbocycles. The Labute approximate surface area is 172 Å². The SMILES string of the molecule is CC[C@H](C)[C@@H](C(=O)O[C@@H](C)C(=O)Nc1ccc(OC)c(OC)c1)c1ccccc1. The molecule has 0 radical (unpaired) electrons. The van der Waals surface area contributed by atoms with Gasteiger partial charge in [0.1, 0.15) is 0 Å². The van der Waals surface area contributed by atoms with E-state index in [0.29, 0.717) is 17.2 Å². The fraction of sp³-hybridized carbons (Fsp3) is 0.391. The maximum Gasteiger partial charge on any atom is 0.314 e. The van der Waals surface area contributed by atoms with Gasteiger partial charge in [-0.15, -0.1) is 0 Å². The summed E-state index contributed by atoms with van der Waals surface area (Å²) in [6.45, 7) is 5.60. The highest BCUT2D eigenvalue weighted by atomic mass is 16.5. The van der Waals surface area contributed by atoms with Gasteiger partial charge >= 0.3 is 5.97 Å². The van der Waals surface area contributed by atoms with Crippen molar-refractivity contribution in [3.8, 4) is 11.5 Å². The Bertz CT molecular complexity index is 821. The molecule has 0 heterocycles. The molecule has 1 amide bonds. The second kappa shape index (κ2) is 10.5. The number of anilines is 1. The van der Waals surface area contributed by atoms with Crippen LogP contribution in [0.1, 0.15) is 38.7 Å². The molecule has 3 atom stereocenters. The largest absolute Gasteiger partial charge is 0.493 e. The van der Waals surface area contributed by atoms with Crippen LogP contribution in [0.5, 0.6) is 11.5 Å². The Balaban J connectivity index is 2.08. The van der Waals surface area contributed by atoms with Crippen molar-refractivity contribution >= 4 is 17.6 Å². The minimum absolute atomic E-state index is 0.0889. The van der Waals surface area contributed by atoms with E-state index in [-0.39, 0.29) is 5.92 Å². The first-order valence-electron chi connectivity index (χ1n) is 9.69. The van der Waals surface area contributed by atoms with E-state index in [4.69, 9.17) is 14.2 Å². The van der Waals surface area contributed by atoms with Crippen molar-refractivity contribution < 1.29 is 23.8 Å². The van der Waals surface area contributed by atoms with E-state index in [0.717, 1.165) is 12.0 Å². The highest BCUT2D eigenvalue weighted by molar-refractivity contribution is 5.95. The molecule has 2 rings (SSSR count). The summed E-state index contributed by atoms with van der Waals surface area (Å²) in [4.78, 5) is 25.4. The van der Waals surface area contributed by atoms with E-state index in [2.05, 4.69) is 5.32 Å². The highest BCUT2D eigenvalue weighted by Gasteiger charge is 2.30. The second-order valence-electron chi connectivity index (χ2n) is 6.91. The number of hydrogen-bond acceptors (Lipinski definition) is 5. The number of nitrogens with one attached hydrogen (secondary N) is 1. The minimum Gasteiger partial charge on any atom is -0.493 e. The maximum atomic E-state index is 12.9. The minimum atomic E-state index is -0.939.